The van der Waals surface area contributed by atoms with E-state index in [0.717, 1.165) is 12.0 Å². The number of aliphatic hydroxyl groups is 1. The maximum absolute atomic E-state index is 12.9. The third-order valence-electron chi connectivity index (χ3n) is 4.52. The molecule has 5 nitrogen and oxygen atoms in total. The zero-order valence-corrected chi connectivity index (χ0v) is 13.9. The number of primary amides is 1. The van der Waals surface area contributed by atoms with Crippen molar-refractivity contribution in [1.29, 1.82) is 0 Å². The van der Waals surface area contributed by atoms with E-state index in [-0.39, 0.29) is 24.8 Å². The Morgan fingerprint density at radius 3 is 2.61 bits per heavy atom. The predicted octanol–water partition coefficient (Wildman–Crippen LogP) is 1.34. The predicted molar refractivity (Wildman–Crippen MR) is 88.4 cm³/mol. The molecule has 23 heavy (non-hydrogen) atoms. The minimum atomic E-state index is -1.06. The smallest absolute Gasteiger partial charge is 0.232 e. The summed E-state index contributed by atoms with van der Waals surface area (Å²) in [6.07, 6.45) is 0.263. The summed E-state index contributed by atoms with van der Waals surface area (Å²) in [6, 6.07) is 9.91. The van der Waals surface area contributed by atoms with E-state index in [1.165, 1.54) is 0 Å². The van der Waals surface area contributed by atoms with Crippen molar-refractivity contribution in [2.24, 2.45) is 17.1 Å². The summed E-state index contributed by atoms with van der Waals surface area (Å²) in [7, 11) is 0. The number of amides is 2. The van der Waals surface area contributed by atoms with Crippen LogP contribution in [-0.4, -0.2) is 41.0 Å². The number of aliphatic hydroxyl groups excluding tert-OH is 1. The minimum Gasteiger partial charge on any atom is -0.390 e. The van der Waals surface area contributed by atoms with Crippen LogP contribution in [-0.2, 0) is 16.0 Å². The van der Waals surface area contributed by atoms with Gasteiger partial charge >= 0.3 is 0 Å². The zero-order chi connectivity index (χ0) is 17.0. The van der Waals surface area contributed by atoms with E-state index in [1.54, 1.807) is 4.90 Å². The summed E-state index contributed by atoms with van der Waals surface area (Å²) in [6.45, 7) is 4.77. The van der Waals surface area contributed by atoms with Gasteiger partial charge in [0.15, 0.2) is 0 Å². The lowest BCUT2D eigenvalue weighted by atomic mass is 9.74. The lowest BCUT2D eigenvalue weighted by molar-refractivity contribution is -0.142. The van der Waals surface area contributed by atoms with E-state index < -0.39 is 17.4 Å². The highest BCUT2D eigenvalue weighted by atomic mass is 16.3. The van der Waals surface area contributed by atoms with Crippen LogP contribution in [0.5, 0.6) is 0 Å². The van der Waals surface area contributed by atoms with Gasteiger partial charge in [0.25, 0.3) is 0 Å². The van der Waals surface area contributed by atoms with E-state index in [1.807, 2.05) is 44.2 Å². The highest BCUT2D eigenvalue weighted by Gasteiger charge is 2.54. The molecular weight excluding hydrogens is 292 g/mol. The Morgan fingerprint density at radius 2 is 2.04 bits per heavy atom. The Labute approximate surface area is 137 Å². The third-order valence-corrected chi connectivity index (χ3v) is 4.52. The van der Waals surface area contributed by atoms with Gasteiger partial charge in [0, 0.05) is 19.5 Å². The number of benzene rings is 1. The molecule has 0 saturated carbocycles. The Hall–Kier alpha value is -1.88. The molecule has 2 rings (SSSR count). The van der Waals surface area contributed by atoms with Crippen molar-refractivity contribution < 1.29 is 14.7 Å². The number of hydrogen-bond donors (Lipinski definition) is 2. The molecule has 126 valence electrons. The van der Waals surface area contributed by atoms with E-state index in [2.05, 4.69) is 0 Å². The first-order valence-electron chi connectivity index (χ1n) is 8.15. The molecule has 5 heteroatoms. The first kappa shape index (κ1) is 17.5. The Kier molecular flexibility index (Phi) is 5.42. The van der Waals surface area contributed by atoms with Crippen molar-refractivity contribution in [2.45, 2.75) is 39.2 Å². The van der Waals surface area contributed by atoms with Crippen molar-refractivity contribution in [3.8, 4) is 0 Å². The van der Waals surface area contributed by atoms with Gasteiger partial charge in [-0.2, -0.15) is 0 Å². The second kappa shape index (κ2) is 7.13. The molecule has 0 radical (unpaired) electrons. The first-order valence-corrected chi connectivity index (χ1v) is 8.15. The van der Waals surface area contributed by atoms with E-state index >= 15 is 0 Å². The first-order chi connectivity index (χ1) is 10.8. The summed E-state index contributed by atoms with van der Waals surface area (Å²) in [5.41, 5.74) is 5.43. The maximum Gasteiger partial charge on any atom is 0.232 e. The fourth-order valence-electron chi connectivity index (χ4n) is 3.55. The van der Waals surface area contributed by atoms with Crippen molar-refractivity contribution in [1.82, 2.24) is 4.90 Å². The molecule has 2 amide bonds. The van der Waals surface area contributed by atoms with Crippen molar-refractivity contribution in [2.75, 3.05) is 13.1 Å². The average molecular weight is 318 g/mol. The van der Waals surface area contributed by atoms with Crippen LogP contribution < -0.4 is 5.73 Å². The average Bonchev–Trinajstić information content (AvgIpc) is 2.70. The van der Waals surface area contributed by atoms with Gasteiger partial charge in [-0.05, 0) is 24.3 Å². The highest BCUT2D eigenvalue weighted by molar-refractivity contribution is 5.91. The fraction of sp³-hybridized carbons (Fsp3) is 0.556. The van der Waals surface area contributed by atoms with E-state index in [0.29, 0.717) is 13.0 Å². The molecule has 1 aromatic carbocycles. The van der Waals surface area contributed by atoms with Crippen LogP contribution in [0.1, 0.15) is 32.3 Å². The lowest BCUT2D eigenvalue weighted by Gasteiger charge is -2.30. The van der Waals surface area contributed by atoms with Gasteiger partial charge in [-0.15, -0.1) is 0 Å². The third kappa shape index (κ3) is 3.91. The molecule has 1 saturated heterocycles. The van der Waals surface area contributed by atoms with Crippen LogP contribution in [0, 0.1) is 11.3 Å². The van der Waals surface area contributed by atoms with Crippen molar-refractivity contribution >= 4 is 11.8 Å². The van der Waals surface area contributed by atoms with Gasteiger partial charge in [0.2, 0.25) is 11.8 Å². The second-order valence-electron chi connectivity index (χ2n) is 6.90. The summed E-state index contributed by atoms with van der Waals surface area (Å²) >= 11 is 0. The Morgan fingerprint density at radius 1 is 1.39 bits per heavy atom. The number of β-amino-alcohol motifs (C(OH)–C–C–N with tert-alkyl or cyclic N) is 1. The number of carbonyl (C=O) groups is 2. The molecule has 1 fully saturated rings. The number of hydrogen-bond acceptors (Lipinski definition) is 3. The summed E-state index contributed by atoms with van der Waals surface area (Å²) in [5.74, 6) is -0.488. The molecule has 2 unspecified atom stereocenters. The van der Waals surface area contributed by atoms with Crippen LogP contribution in [0.25, 0.3) is 0 Å². The van der Waals surface area contributed by atoms with Crippen LogP contribution in [0.15, 0.2) is 30.3 Å². The number of likely N-dealkylation sites (tertiary alicyclic amines) is 1. The molecule has 3 N–H and O–H groups in total. The number of rotatable bonds is 7. The summed E-state index contributed by atoms with van der Waals surface area (Å²) in [4.78, 5) is 26.0. The minimum absolute atomic E-state index is 0.0903. The Bertz CT molecular complexity index is 559. The van der Waals surface area contributed by atoms with E-state index in [9.17, 15) is 14.7 Å². The SMILES string of the molecule is CC(C)CC1(CC(N)=O)C(=O)N(CCc2ccccc2)CC1O. The lowest BCUT2D eigenvalue weighted by Crippen LogP contribution is -2.43. The van der Waals surface area contributed by atoms with Gasteiger partial charge in [-0.25, -0.2) is 0 Å². The normalized spacial score (nSPS) is 24.4. The van der Waals surface area contributed by atoms with Gasteiger partial charge < -0.3 is 15.7 Å². The maximum atomic E-state index is 12.9. The van der Waals surface area contributed by atoms with E-state index in [4.69, 9.17) is 5.73 Å². The van der Waals surface area contributed by atoms with Crippen LogP contribution in [0.4, 0.5) is 0 Å². The van der Waals surface area contributed by atoms with Gasteiger partial charge in [-0.1, -0.05) is 44.2 Å². The van der Waals surface area contributed by atoms with Crippen molar-refractivity contribution in [3.05, 3.63) is 35.9 Å². The quantitative estimate of drug-likeness (QED) is 0.796. The topological polar surface area (TPSA) is 83.6 Å². The number of nitrogens with zero attached hydrogens (tertiary/aromatic N) is 1. The van der Waals surface area contributed by atoms with Gasteiger partial charge in [0.05, 0.1) is 11.5 Å². The number of nitrogens with two attached hydrogens (primary N) is 1. The molecule has 1 aliphatic heterocycles. The molecule has 0 aliphatic carbocycles. The number of carbonyl (C=O) groups excluding carboxylic acids is 2. The van der Waals surface area contributed by atoms with Gasteiger partial charge in [0.1, 0.15) is 0 Å². The molecule has 2 atom stereocenters. The molecule has 1 heterocycles. The monoisotopic (exact) mass is 318 g/mol. The standard InChI is InChI=1S/C18H26N2O3/c1-13(2)10-18(11-16(19)22)15(21)12-20(17(18)23)9-8-14-6-4-3-5-7-14/h3-7,13,15,21H,8-12H2,1-2H3,(H2,19,22). The van der Waals surface area contributed by atoms with Crippen LogP contribution in [0.3, 0.4) is 0 Å². The van der Waals surface area contributed by atoms with Crippen LogP contribution in [0.2, 0.25) is 0 Å². The Balaban J connectivity index is 2.12. The highest BCUT2D eigenvalue weighted by Crippen LogP contribution is 2.41. The molecule has 0 spiro atoms. The molecule has 1 aromatic rings. The fourth-order valence-corrected chi connectivity index (χ4v) is 3.55. The second-order valence-corrected chi connectivity index (χ2v) is 6.90. The summed E-state index contributed by atoms with van der Waals surface area (Å²) in [5, 5.41) is 10.5. The molecule has 0 aromatic heterocycles. The zero-order valence-electron chi connectivity index (χ0n) is 13.9. The molecule has 1 aliphatic rings. The van der Waals surface area contributed by atoms with Crippen LogP contribution >= 0.6 is 0 Å². The molecular formula is C18H26N2O3. The summed E-state index contributed by atoms with van der Waals surface area (Å²) < 4.78 is 0. The molecule has 0 bridgehead atoms. The largest absolute Gasteiger partial charge is 0.390 e. The van der Waals surface area contributed by atoms with Crippen molar-refractivity contribution in [3.63, 3.8) is 0 Å². The van der Waals surface area contributed by atoms with Gasteiger partial charge in [-0.3, -0.25) is 9.59 Å².